The maximum absolute atomic E-state index is 12.8. The van der Waals surface area contributed by atoms with Crippen LogP contribution in [-0.2, 0) is 24.2 Å². The third-order valence-electron chi connectivity index (χ3n) is 5.52. The van der Waals surface area contributed by atoms with Gasteiger partial charge in [0.1, 0.15) is 0 Å². The van der Waals surface area contributed by atoms with Gasteiger partial charge in [-0.2, -0.15) is 0 Å². The van der Waals surface area contributed by atoms with E-state index in [0.717, 1.165) is 33.5 Å². The van der Waals surface area contributed by atoms with Crippen LogP contribution in [-0.4, -0.2) is 23.6 Å². The van der Waals surface area contributed by atoms with Crippen molar-refractivity contribution in [1.29, 1.82) is 0 Å². The number of carbonyl (C=O) groups excluding carboxylic acids is 1. The second-order valence-corrected chi connectivity index (χ2v) is 7.39. The number of hydrogen-bond acceptors (Lipinski definition) is 4. The van der Waals surface area contributed by atoms with Gasteiger partial charge < -0.3 is 4.74 Å². The highest BCUT2D eigenvalue weighted by Gasteiger charge is 2.24. The van der Waals surface area contributed by atoms with E-state index < -0.39 is 0 Å². The fraction of sp³-hybridized carbons (Fsp3) is 0.160. The van der Waals surface area contributed by atoms with Crippen LogP contribution in [0.4, 0.5) is 0 Å². The molecule has 0 saturated carbocycles. The standard InChI is InChI=1S/C25H20N2O2/c1-29-24-14-17(7-8-26-24)25-22-13-19-11-20(10-18(19)12-21(22)15-27-25)23(28)9-16-5-3-2-4-6-16/h2-8,11-14H,9-10,15H2,1H3. The van der Waals surface area contributed by atoms with Gasteiger partial charge in [0, 0.05) is 41.8 Å². The molecule has 2 aromatic carbocycles. The number of methoxy groups -OCH3 is 1. The molecule has 1 aromatic heterocycles. The van der Waals surface area contributed by atoms with E-state index in [2.05, 4.69) is 17.1 Å². The normalized spacial score (nSPS) is 14.1. The number of allylic oxidation sites excluding steroid dienone is 1. The van der Waals surface area contributed by atoms with Crippen molar-refractivity contribution in [1.82, 2.24) is 4.98 Å². The van der Waals surface area contributed by atoms with Crippen LogP contribution in [0, 0.1) is 0 Å². The molecule has 0 spiro atoms. The molecule has 3 aromatic rings. The third kappa shape index (κ3) is 3.27. The summed E-state index contributed by atoms with van der Waals surface area (Å²) < 4.78 is 5.25. The zero-order valence-electron chi connectivity index (χ0n) is 16.2. The van der Waals surface area contributed by atoms with Gasteiger partial charge in [0.25, 0.3) is 0 Å². The van der Waals surface area contributed by atoms with Gasteiger partial charge in [0.15, 0.2) is 5.78 Å². The van der Waals surface area contributed by atoms with Crippen LogP contribution in [0.15, 0.2) is 71.4 Å². The van der Waals surface area contributed by atoms with Crippen LogP contribution in [0.25, 0.3) is 6.08 Å². The van der Waals surface area contributed by atoms with Crippen LogP contribution >= 0.6 is 0 Å². The molecule has 29 heavy (non-hydrogen) atoms. The molecule has 4 heteroatoms. The number of benzene rings is 2. The molecule has 2 aliphatic rings. The molecule has 0 amide bonds. The summed E-state index contributed by atoms with van der Waals surface area (Å²) in [5.41, 5.74) is 8.57. The number of aromatic nitrogens is 1. The monoisotopic (exact) mass is 380 g/mol. The number of Topliss-reactive ketones (excluding diaryl/α,β-unsaturated/α-hetero) is 1. The summed E-state index contributed by atoms with van der Waals surface area (Å²) in [6.07, 6.45) is 4.93. The number of fused-ring (bicyclic) bond motifs is 2. The second kappa shape index (κ2) is 7.13. The Balaban J connectivity index is 1.43. The van der Waals surface area contributed by atoms with E-state index in [1.165, 1.54) is 11.1 Å². The van der Waals surface area contributed by atoms with Gasteiger partial charge in [0.2, 0.25) is 5.88 Å². The Bertz CT molecular complexity index is 1180. The highest BCUT2D eigenvalue weighted by Crippen LogP contribution is 2.33. The maximum atomic E-state index is 12.8. The van der Waals surface area contributed by atoms with Crippen LogP contribution in [0.2, 0.25) is 0 Å². The molecule has 142 valence electrons. The van der Waals surface area contributed by atoms with Crippen LogP contribution in [0.1, 0.15) is 33.4 Å². The van der Waals surface area contributed by atoms with E-state index >= 15 is 0 Å². The lowest BCUT2D eigenvalue weighted by Crippen LogP contribution is -2.06. The molecule has 0 atom stereocenters. The lowest BCUT2D eigenvalue weighted by atomic mass is 9.95. The molecule has 0 fully saturated rings. The van der Waals surface area contributed by atoms with Crippen molar-refractivity contribution in [2.24, 2.45) is 4.99 Å². The first-order valence-electron chi connectivity index (χ1n) is 9.70. The molecule has 0 saturated heterocycles. The molecule has 0 unspecified atom stereocenters. The first-order valence-corrected chi connectivity index (χ1v) is 9.70. The Kier molecular flexibility index (Phi) is 4.32. The highest BCUT2D eigenvalue weighted by atomic mass is 16.5. The lowest BCUT2D eigenvalue weighted by Gasteiger charge is -2.08. The zero-order chi connectivity index (χ0) is 19.8. The molecule has 0 N–H and O–H groups in total. The fourth-order valence-electron chi connectivity index (χ4n) is 4.03. The Morgan fingerprint density at radius 2 is 1.93 bits per heavy atom. The maximum Gasteiger partial charge on any atom is 0.213 e. The predicted octanol–water partition coefficient (Wildman–Crippen LogP) is 4.19. The lowest BCUT2D eigenvalue weighted by molar-refractivity contribution is -0.114. The van der Waals surface area contributed by atoms with E-state index in [1.807, 2.05) is 48.5 Å². The van der Waals surface area contributed by atoms with Crippen molar-refractivity contribution in [3.63, 3.8) is 0 Å². The van der Waals surface area contributed by atoms with Crippen LogP contribution in [0.5, 0.6) is 5.88 Å². The summed E-state index contributed by atoms with van der Waals surface area (Å²) in [5.74, 6) is 0.772. The van der Waals surface area contributed by atoms with Crippen molar-refractivity contribution in [2.75, 3.05) is 7.11 Å². The van der Waals surface area contributed by atoms with Gasteiger partial charge in [-0.3, -0.25) is 9.79 Å². The summed E-state index contributed by atoms with van der Waals surface area (Å²) in [6.45, 7) is 0.663. The van der Waals surface area contributed by atoms with Gasteiger partial charge in [0.05, 0.1) is 19.4 Å². The average molecular weight is 380 g/mol. The molecule has 1 aliphatic heterocycles. The van der Waals surface area contributed by atoms with E-state index in [9.17, 15) is 4.79 Å². The number of hydrogen-bond donors (Lipinski definition) is 0. The van der Waals surface area contributed by atoms with Crippen molar-refractivity contribution in [2.45, 2.75) is 19.4 Å². The summed E-state index contributed by atoms with van der Waals surface area (Å²) in [5, 5.41) is 0. The number of carbonyl (C=O) groups is 1. The number of aliphatic imine (C=N–C) groups is 1. The molecule has 4 nitrogen and oxygen atoms in total. The average Bonchev–Trinajstić information content (AvgIpc) is 3.36. The van der Waals surface area contributed by atoms with Crippen molar-refractivity contribution in [3.8, 4) is 5.88 Å². The third-order valence-corrected chi connectivity index (χ3v) is 5.52. The van der Waals surface area contributed by atoms with Crippen molar-refractivity contribution < 1.29 is 9.53 Å². The van der Waals surface area contributed by atoms with Crippen molar-refractivity contribution in [3.05, 3.63) is 99.7 Å². The molecule has 2 heterocycles. The predicted molar refractivity (Wildman–Crippen MR) is 113 cm³/mol. The minimum absolute atomic E-state index is 0.195. The SMILES string of the molecule is COc1cc(C2=NCc3cc4c(cc32)C=C(C(=O)Cc2ccccc2)C4)ccn1. The summed E-state index contributed by atoms with van der Waals surface area (Å²) in [4.78, 5) is 21.7. The van der Waals surface area contributed by atoms with E-state index in [0.29, 0.717) is 25.3 Å². The Morgan fingerprint density at radius 1 is 1.07 bits per heavy atom. The molecule has 0 bridgehead atoms. The van der Waals surface area contributed by atoms with E-state index in [-0.39, 0.29) is 5.78 Å². The summed E-state index contributed by atoms with van der Waals surface area (Å²) in [7, 11) is 1.61. The molecule has 5 rings (SSSR count). The van der Waals surface area contributed by atoms with Gasteiger partial charge in [-0.25, -0.2) is 4.98 Å². The minimum atomic E-state index is 0.195. The first kappa shape index (κ1) is 17.6. The molecular weight excluding hydrogens is 360 g/mol. The zero-order valence-corrected chi connectivity index (χ0v) is 16.2. The van der Waals surface area contributed by atoms with Crippen LogP contribution in [0.3, 0.4) is 0 Å². The smallest absolute Gasteiger partial charge is 0.213 e. The van der Waals surface area contributed by atoms with Crippen molar-refractivity contribution >= 4 is 17.6 Å². The summed E-state index contributed by atoms with van der Waals surface area (Å²) in [6, 6.07) is 18.2. The second-order valence-electron chi connectivity index (χ2n) is 7.39. The number of ether oxygens (including phenoxy) is 1. The number of nitrogens with zero attached hydrogens (tertiary/aromatic N) is 2. The highest BCUT2D eigenvalue weighted by molar-refractivity contribution is 6.16. The van der Waals surface area contributed by atoms with Gasteiger partial charge in [-0.1, -0.05) is 36.4 Å². The summed E-state index contributed by atoms with van der Waals surface area (Å²) >= 11 is 0. The minimum Gasteiger partial charge on any atom is -0.481 e. The quantitative estimate of drug-likeness (QED) is 0.667. The molecular formula is C25H20N2O2. The van der Waals surface area contributed by atoms with Gasteiger partial charge in [-0.05, 0) is 40.5 Å². The Hall–Kier alpha value is -3.53. The van der Waals surface area contributed by atoms with Gasteiger partial charge in [-0.15, -0.1) is 0 Å². The van der Waals surface area contributed by atoms with E-state index in [1.54, 1.807) is 13.3 Å². The van der Waals surface area contributed by atoms with Crippen LogP contribution < -0.4 is 4.74 Å². The van der Waals surface area contributed by atoms with Gasteiger partial charge >= 0.3 is 0 Å². The number of pyridine rings is 1. The Morgan fingerprint density at radius 3 is 2.76 bits per heavy atom. The fourth-order valence-corrected chi connectivity index (χ4v) is 4.03. The molecule has 1 aliphatic carbocycles. The number of rotatable bonds is 5. The van der Waals surface area contributed by atoms with E-state index in [4.69, 9.17) is 9.73 Å². The first-order chi connectivity index (χ1) is 14.2. The Labute approximate surface area is 169 Å². The largest absolute Gasteiger partial charge is 0.481 e. The topological polar surface area (TPSA) is 51.5 Å². The number of ketones is 1. The molecule has 0 radical (unpaired) electrons.